The predicted molar refractivity (Wildman–Crippen MR) is 267 cm³/mol. The molecule has 2 saturated heterocycles. The van der Waals surface area contributed by atoms with Crippen LogP contribution in [0.4, 0.5) is 11.4 Å². The topological polar surface area (TPSA) is 210 Å². The minimum atomic E-state index is -0.346. The van der Waals surface area contributed by atoms with Crippen LogP contribution in [0.25, 0.3) is 55.7 Å². The van der Waals surface area contributed by atoms with Gasteiger partial charge in [-0.3, -0.25) is 19.7 Å². The van der Waals surface area contributed by atoms with Gasteiger partial charge in [0, 0.05) is 115 Å². The van der Waals surface area contributed by atoms with Crippen LogP contribution in [0.3, 0.4) is 0 Å². The van der Waals surface area contributed by atoms with Gasteiger partial charge < -0.3 is 53.8 Å². The summed E-state index contributed by atoms with van der Waals surface area (Å²) in [4.78, 5) is 62.0. The number of methoxy groups -OCH3 is 2. The zero-order valence-electron chi connectivity index (χ0n) is 42.6. The summed E-state index contributed by atoms with van der Waals surface area (Å²) in [5.74, 6) is 0.927. The summed E-state index contributed by atoms with van der Waals surface area (Å²) in [5, 5.41) is 15.6. The van der Waals surface area contributed by atoms with E-state index in [0.29, 0.717) is 33.7 Å². The van der Waals surface area contributed by atoms with Crippen molar-refractivity contribution in [1.29, 1.82) is 0 Å². The number of aryl methyl sites for hydroxylation is 4. The monoisotopic (exact) mass is 1090 g/mol. The predicted octanol–water partition coefficient (Wildman–Crippen LogP) is -1.00. The fourth-order valence-electron chi connectivity index (χ4n) is 8.29. The molecule has 0 atom stereocenters. The first-order chi connectivity index (χ1) is 33.4. The van der Waals surface area contributed by atoms with E-state index < -0.39 is 0 Å². The first-order valence-electron chi connectivity index (χ1n) is 22.4. The van der Waals surface area contributed by atoms with Gasteiger partial charge in [-0.1, -0.05) is 28.1 Å². The number of hydrogen-bond donors (Lipinski definition) is 1. The van der Waals surface area contributed by atoms with Crippen LogP contribution in [0.15, 0.2) is 91.7 Å². The van der Waals surface area contributed by atoms with Gasteiger partial charge in [0.05, 0.1) is 46.8 Å². The molecule has 1 N–H and O–H groups in total. The van der Waals surface area contributed by atoms with Crippen LogP contribution in [0.5, 0.6) is 0 Å². The van der Waals surface area contributed by atoms with Gasteiger partial charge in [-0.25, -0.2) is 19.6 Å². The molecule has 71 heavy (non-hydrogen) atoms. The van der Waals surface area contributed by atoms with Gasteiger partial charge in [0.1, 0.15) is 11.4 Å². The first kappa shape index (κ1) is 58.6. The fourth-order valence-corrected chi connectivity index (χ4v) is 8.61. The number of benzene rings is 2. The second-order valence-corrected chi connectivity index (χ2v) is 17.2. The Balaban J connectivity index is 0.000000260. The fraction of sp³-hybridized carbons (Fsp3) is 0.367. The Kier molecular flexibility index (Phi) is 23.5. The SMILES string of the molecule is COCCBr.COCCN1CCN(c2ccc3cc(-c4cn5cc(C)nc(C)c5n4)oc(=O)c3c2)CC1.Cc1cn2cc(-c3cc4ccc(N5CCNCC5)cc4c(=O)o3)nc2c(C)n1.O=CO[O-].[H-].[K+].[K+]. The average Bonchev–Trinajstić information content (AvgIpc) is 4.00. The number of nitrogens with one attached hydrogen (secondary N) is 1. The van der Waals surface area contributed by atoms with Crippen molar-refractivity contribution in [1.82, 2.24) is 39.0 Å². The van der Waals surface area contributed by atoms with Gasteiger partial charge in [0.2, 0.25) is 0 Å². The number of nitrogens with zero attached hydrogens (tertiary/aromatic N) is 9. The number of rotatable bonds is 10. The van der Waals surface area contributed by atoms with E-state index in [1.54, 1.807) is 14.2 Å². The molecule has 2 aliphatic rings. The minimum Gasteiger partial charge on any atom is -1.00 e. The number of halogens is 1. The molecule has 0 bridgehead atoms. The minimum absolute atomic E-state index is 0. The molecule has 2 aromatic carbocycles. The Morgan fingerprint density at radius 3 is 1.54 bits per heavy atom. The van der Waals surface area contributed by atoms with Gasteiger partial charge in [-0.15, -0.1) is 0 Å². The molecule has 0 aliphatic carbocycles. The number of anilines is 2. The molecule has 8 heterocycles. The molecule has 0 amide bonds. The van der Waals surface area contributed by atoms with Crippen molar-refractivity contribution in [3.63, 3.8) is 0 Å². The third-order valence-corrected chi connectivity index (χ3v) is 11.9. The summed E-state index contributed by atoms with van der Waals surface area (Å²) in [7, 11) is 3.41. The van der Waals surface area contributed by atoms with Gasteiger partial charge in [0.15, 0.2) is 22.8 Å². The smallest absolute Gasteiger partial charge is 1.00 e. The summed E-state index contributed by atoms with van der Waals surface area (Å²) in [5.41, 5.74) is 7.69. The maximum atomic E-state index is 12.9. The summed E-state index contributed by atoms with van der Waals surface area (Å²) < 4.78 is 25.0. The number of imidazole rings is 2. The number of alkyl halides is 1. The van der Waals surface area contributed by atoms with Crippen LogP contribution in [-0.2, 0) is 19.2 Å². The number of fused-ring (bicyclic) bond motifs is 4. The zero-order valence-corrected chi connectivity index (χ0v) is 49.4. The van der Waals surface area contributed by atoms with Crippen molar-refractivity contribution in [2.24, 2.45) is 0 Å². The third-order valence-electron chi connectivity index (χ3n) is 11.6. The second-order valence-electron chi connectivity index (χ2n) is 16.4. The van der Waals surface area contributed by atoms with Crippen LogP contribution in [-0.4, -0.2) is 132 Å². The quantitative estimate of drug-likeness (QED) is 0.0573. The largest absolute Gasteiger partial charge is 1.00 e. The molecule has 0 spiro atoms. The Morgan fingerprint density at radius 1 is 0.676 bits per heavy atom. The molecule has 0 saturated carbocycles. The number of carbonyl (C=O) groups excluding carboxylic acids is 1. The Bertz CT molecular complexity index is 3160. The molecule has 19 nitrogen and oxygen atoms in total. The van der Waals surface area contributed by atoms with Crippen molar-refractivity contribution < 1.29 is 137 Å². The summed E-state index contributed by atoms with van der Waals surface area (Å²) in [6.45, 7) is 17.6. The van der Waals surface area contributed by atoms with Crippen molar-refractivity contribution in [3.05, 3.63) is 117 Å². The van der Waals surface area contributed by atoms with E-state index >= 15 is 0 Å². The molecular weight excluding hydrogens is 1030 g/mol. The van der Waals surface area contributed by atoms with Crippen molar-refractivity contribution >= 4 is 66.6 Å². The van der Waals surface area contributed by atoms with E-state index in [-0.39, 0.29) is 122 Å². The third kappa shape index (κ3) is 15.2. The normalized spacial score (nSPS) is 13.6. The van der Waals surface area contributed by atoms with E-state index in [2.05, 4.69) is 77.6 Å². The molecule has 10 rings (SSSR count). The maximum Gasteiger partial charge on any atom is 1.00 e. The molecule has 2 aliphatic heterocycles. The number of hydrogen-bond acceptors (Lipinski definition) is 17. The Morgan fingerprint density at radius 2 is 1.13 bits per heavy atom. The molecule has 366 valence electrons. The zero-order chi connectivity index (χ0) is 49.0. The van der Waals surface area contributed by atoms with Crippen LogP contribution in [0.2, 0.25) is 0 Å². The summed E-state index contributed by atoms with van der Waals surface area (Å²) in [6, 6.07) is 15.8. The van der Waals surface area contributed by atoms with Crippen molar-refractivity contribution in [2.45, 2.75) is 27.7 Å². The van der Waals surface area contributed by atoms with Gasteiger partial charge in [0.25, 0.3) is 6.47 Å². The standard InChI is InChI=1S/C24H27N5O3.C21H21N5O2.C3H7BrO.CH2O3.2K.H/c1-16-14-29-15-21(26-23(29)17(2)25-16)22-12-18-4-5-19(13-20(18)24(30)32-22)28-8-6-27(7-9-28)10-11-31-3;1-13-11-26-12-18(24-20(26)14(2)23-13)19-9-15-3-4-16(10-17(15)21(27)28-19)25-7-5-22-6-8-25;1-5-3-2-4;2-1-4-3;;;/h4-5,12-15H,6-11H2,1-3H3;3-4,9-12,22H,5-8H2,1-2H3;2-3H2,1H3;1,3H;;;/q;;;;2*+1;-1/p-1. The molecule has 2 fully saturated rings. The number of piperazine rings is 2. The Hall–Kier alpha value is -3.28. The van der Waals surface area contributed by atoms with E-state index in [9.17, 15) is 9.59 Å². The van der Waals surface area contributed by atoms with E-state index in [4.69, 9.17) is 23.6 Å². The molecular formula is C49H57BrK2N10O9. The van der Waals surface area contributed by atoms with Gasteiger partial charge in [-0.2, -0.15) is 0 Å². The second kappa shape index (κ2) is 28.4. The van der Waals surface area contributed by atoms with Crippen molar-refractivity contribution in [2.75, 3.05) is 101 Å². The number of ether oxygens (including phenoxy) is 2. The number of aromatic nitrogens is 6. The van der Waals surface area contributed by atoms with Crippen LogP contribution in [0, 0.1) is 27.7 Å². The van der Waals surface area contributed by atoms with Crippen molar-refractivity contribution in [3.8, 4) is 22.9 Å². The van der Waals surface area contributed by atoms with E-state index in [1.165, 1.54) is 0 Å². The molecule has 6 aromatic heterocycles. The number of carbonyl (C=O) groups is 1. The molecule has 22 heteroatoms. The van der Waals surface area contributed by atoms with Crippen LogP contribution >= 0.6 is 15.9 Å². The van der Waals surface area contributed by atoms with Gasteiger partial charge >= 0.3 is 114 Å². The Labute approximate surface area is 505 Å². The average molecular weight is 1090 g/mol. The van der Waals surface area contributed by atoms with Gasteiger partial charge in [-0.05, 0) is 74.9 Å². The molecule has 0 unspecified atom stereocenters. The van der Waals surface area contributed by atoms with Crippen LogP contribution < -0.4 is 134 Å². The van der Waals surface area contributed by atoms with E-state index in [0.717, 1.165) is 134 Å². The summed E-state index contributed by atoms with van der Waals surface area (Å²) >= 11 is 3.18. The van der Waals surface area contributed by atoms with Crippen LogP contribution in [0.1, 0.15) is 24.2 Å². The molecule has 8 aromatic rings. The summed E-state index contributed by atoms with van der Waals surface area (Å²) in [6.07, 6.45) is 7.58. The first-order valence-corrected chi connectivity index (χ1v) is 23.6. The maximum absolute atomic E-state index is 12.9. The van der Waals surface area contributed by atoms with E-state index in [1.807, 2.05) is 97.7 Å². The molecule has 0 radical (unpaired) electrons.